The van der Waals surface area contributed by atoms with Gasteiger partial charge in [0, 0.05) is 24.3 Å². The van der Waals surface area contributed by atoms with Crippen molar-refractivity contribution in [1.29, 1.82) is 0 Å². The molecule has 1 heterocycles. The van der Waals surface area contributed by atoms with E-state index in [-0.39, 0.29) is 24.8 Å². The molecule has 4 nitrogen and oxygen atoms in total. The maximum absolute atomic E-state index is 5.95. The van der Waals surface area contributed by atoms with Crippen molar-refractivity contribution < 1.29 is 9.47 Å². The SMILES string of the molecule is CCOc1cc(CNC2CCCCCC2)ccc1OCc1ccc(Cl)nc1.Cl.Cl. The van der Waals surface area contributed by atoms with E-state index in [0.717, 1.165) is 23.6 Å². The molecule has 0 amide bonds. The Kier molecular flexibility index (Phi) is 12.4. The summed E-state index contributed by atoms with van der Waals surface area (Å²) >= 11 is 5.83. The van der Waals surface area contributed by atoms with Gasteiger partial charge < -0.3 is 14.8 Å². The number of halogens is 3. The van der Waals surface area contributed by atoms with Gasteiger partial charge >= 0.3 is 0 Å². The second kappa shape index (κ2) is 13.9. The van der Waals surface area contributed by atoms with E-state index in [1.807, 2.05) is 19.1 Å². The largest absolute Gasteiger partial charge is 0.490 e. The first-order chi connectivity index (χ1) is 13.2. The lowest BCUT2D eigenvalue weighted by Crippen LogP contribution is -2.27. The van der Waals surface area contributed by atoms with Crippen molar-refractivity contribution in [1.82, 2.24) is 10.3 Å². The number of nitrogens with one attached hydrogen (secondary N) is 1. The molecule has 1 aromatic carbocycles. The molecule has 1 N–H and O–H groups in total. The fraction of sp³-hybridized carbons (Fsp3) is 0.500. The number of benzene rings is 1. The maximum Gasteiger partial charge on any atom is 0.161 e. The highest BCUT2D eigenvalue weighted by Crippen LogP contribution is 2.29. The van der Waals surface area contributed by atoms with Gasteiger partial charge in [-0.25, -0.2) is 4.98 Å². The third-order valence-electron chi connectivity index (χ3n) is 4.94. The zero-order valence-electron chi connectivity index (χ0n) is 16.9. The number of aromatic nitrogens is 1. The zero-order chi connectivity index (χ0) is 18.9. The molecule has 0 radical (unpaired) electrons. The van der Waals surface area contributed by atoms with Crippen molar-refractivity contribution in [3.05, 3.63) is 52.8 Å². The van der Waals surface area contributed by atoms with Crippen LogP contribution in [-0.2, 0) is 13.2 Å². The van der Waals surface area contributed by atoms with Gasteiger partial charge in [0.2, 0.25) is 0 Å². The number of hydrogen-bond donors (Lipinski definition) is 1. The molecule has 29 heavy (non-hydrogen) atoms. The van der Waals surface area contributed by atoms with Crippen molar-refractivity contribution in [2.24, 2.45) is 0 Å². The van der Waals surface area contributed by atoms with E-state index >= 15 is 0 Å². The lowest BCUT2D eigenvalue weighted by Gasteiger charge is -2.17. The van der Waals surface area contributed by atoms with Gasteiger partial charge in [-0.15, -0.1) is 24.8 Å². The number of nitrogens with zero attached hydrogens (tertiary/aromatic N) is 1. The Morgan fingerprint density at radius 2 is 1.69 bits per heavy atom. The first-order valence-electron chi connectivity index (χ1n) is 9.97. The van der Waals surface area contributed by atoms with E-state index in [4.69, 9.17) is 21.1 Å². The summed E-state index contributed by atoms with van der Waals surface area (Å²) in [6, 6.07) is 10.5. The zero-order valence-corrected chi connectivity index (χ0v) is 19.3. The van der Waals surface area contributed by atoms with Crippen LogP contribution in [0.5, 0.6) is 11.5 Å². The minimum atomic E-state index is 0. The Morgan fingerprint density at radius 3 is 2.34 bits per heavy atom. The van der Waals surface area contributed by atoms with Gasteiger partial charge in [0.1, 0.15) is 11.8 Å². The Labute approximate surface area is 191 Å². The highest BCUT2D eigenvalue weighted by molar-refractivity contribution is 6.29. The molecule has 0 aliphatic heterocycles. The highest BCUT2D eigenvalue weighted by atomic mass is 35.5. The Balaban J connectivity index is 0.00000210. The second-order valence-corrected chi connectivity index (χ2v) is 7.45. The molecule has 1 aliphatic rings. The standard InChI is InChI=1S/C22H29ClN2O2.2ClH/c1-2-26-21-13-17(14-24-19-7-5-3-4-6-8-19)9-11-20(21)27-16-18-10-12-22(23)25-15-18;;/h9-13,15,19,24H,2-8,14,16H2,1H3;2*1H. The van der Waals surface area contributed by atoms with Crippen LogP contribution in [0.2, 0.25) is 5.15 Å². The number of hydrogen-bond acceptors (Lipinski definition) is 4. The van der Waals surface area contributed by atoms with Crippen LogP contribution < -0.4 is 14.8 Å². The average Bonchev–Trinajstić information content (AvgIpc) is 2.96. The Hall–Kier alpha value is -1.20. The summed E-state index contributed by atoms with van der Waals surface area (Å²) in [6.45, 7) is 3.90. The lowest BCUT2D eigenvalue weighted by molar-refractivity contribution is 0.268. The molecular weight excluding hydrogens is 431 g/mol. The Bertz CT molecular complexity index is 706. The number of rotatable bonds is 8. The van der Waals surface area contributed by atoms with Gasteiger partial charge in [-0.3, -0.25) is 0 Å². The summed E-state index contributed by atoms with van der Waals surface area (Å²) in [7, 11) is 0. The lowest BCUT2D eigenvalue weighted by atomic mass is 10.1. The van der Waals surface area contributed by atoms with Gasteiger partial charge in [0.05, 0.1) is 6.61 Å². The van der Waals surface area contributed by atoms with Crippen molar-refractivity contribution in [2.75, 3.05) is 6.61 Å². The van der Waals surface area contributed by atoms with E-state index in [9.17, 15) is 0 Å². The molecule has 7 heteroatoms. The van der Waals surface area contributed by atoms with Crippen LogP contribution in [0.4, 0.5) is 0 Å². The normalized spacial score (nSPS) is 14.3. The van der Waals surface area contributed by atoms with E-state index in [0.29, 0.717) is 24.4 Å². The number of pyridine rings is 1. The van der Waals surface area contributed by atoms with Crippen LogP contribution in [0.15, 0.2) is 36.5 Å². The fourth-order valence-corrected chi connectivity index (χ4v) is 3.56. The van der Waals surface area contributed by atoms with Gasteiger partial charge in [0.25, 0.3) is 0 Å². The summed E-state index contributed by atoms with van der Waals surface area (Å²) in [5, 5.41) is 4.20. The van der Waals surface area contributed by atoms with Crippen LogP contribution in [0.25, 0.3) is 0 Å². The summed E-state index contributed by atoms with van der Waals surface area (Å²) < 4.78 is 11.8. The van der Waals surface area contributed by atoms with Crippen molar-refractivity contribution in [3.8, 4) is 11.5 Å². The summed E-state index contributed by atoms with van der Waals surface area (Å²) in [6.07, 6.45) is 9.74. The minimum Gasteiger partial charge on any atom is -0.490 e. The topological polar surface area (TPSA) is 43.4 Å². The highest BCUT2D eigenvalue weighted by Gasteiger charge is 2.12. The van der Waals surface area contributed by atoms with E-state index < -0.39 is 0 Å². The molecule has 0 bridgehead atoms. The molecule has 1 saturated carbocycles. The second-order valence-electron chi connectivity index (χ2n) is 7.06. The van der Waals surface area contributed by atoms with Crippen LogP contribution >= 0.6 is 36.4 Å². The quantitative estimate of drug-likeness (QED) is 0.366. The first-order valence-corrected chi connectivity index (χ1v) is 10.3. The van der Waals surface area contributed by atoms with E-state index in [1.54, 1.807) is 12.3 Å². The molecule has 0 saturated heterocycles. The fourth-order valence-electron chi connectivity index (χ4n) is 3.45. The van der Waals surface area contributed by atoms with Crippen molar-refractivity contribution >= 4 is 36.4 Å². The third kappa shape index (κ3) is 8.59. The monoisotopic (exact) mass is 460 g/mol. The molecular formula is C22H31Cl3N2O2. The average molecular weight is 462 g/mol. The van der Waals surface area contributed by atoms with Gasteiger partial charge in [-0.1, -0.05) is 49.4 Å². The molecule has 1 aliphatic carbocycles. The van der Waals surface area contributed by atoms with Gasteiger partial charge in [-0.2, -0.15) is 0 Å². The van der Waals surface area contributed by atoms with Crippen LogP contribution in [-0.4, -0.2) is 17.6 Å². The molecule has 1 fully saturated rings. The van der Waals surface area contributed by atoms with E-state index in [1.165, 1.54) is 44.1 Å². The Morgan fingerprint density at radius 1 is 0.966 bits per heavy atom. The van der Waals surface area contributed by atoms with Gasteiger partial charge in [0.15, 0.2) is 11.5 Å². The molecule has 162 valence electrons. The summed E-state index contributed by atoms with van der Waals surface area (Å²) in [4.78, 5) is 4.09. The molecule has 3 rings (SSSR count). The first kappa shape index (κ1) is 25.8. The minimum absolute atomic E-state index is 0. The molecule has 0 atom stereocenters. The van der Waals surface area contributed by atoms with E-state index in [2.05, 4.69) is 22.4 Å². The maximum atomic E-state index is 5.95. The summed E-state index contributed by atoms with van der Waals surface area (Å²) in [5.41, 5.74) is 2.20. The van der Waals surface area contributed by atoms with Crippen LogP contribution in [0.1, 0.15) is 56.6 Å². The molecule has 0 spiro atoms. The smallest absolute Gasteiger partial charge is 0.161 e. The molecule has 1 aromatic heterocycles. The summed E-state index contributed by atoms with van der Waals surface area (Å²) in [5.74, 6) is 1.55. The molecule has 0 unspecified atom stereocenters. The van der Waals surface area contributed by atoms with Crippen LogP contribution in [0.3, 0.4) is 0 Å². The third-order valence-corrected chi connectivity index (χ3v) is 5.16. The molecule has 2 aromatic rings. The van der Waals surface area contributed by atoms with Crippen LogP contribution in [0, 0.1) is 0 Å². The predicted molar refractivity (Wildman–Crippen MR) is 124 cm³/mol. The van der Waals surface area contributed by atoms with Gasteiger partial charge in [-0.05, 0) is 43.5 Å². The predicted octanol–water partition coefficient (Wildman–Crippen LogP) is 6.37. The number of ether oxygens (including phenoxy) is 2. The van der Waals surface area contributed by atoms with Crippen molar-refractivity contribution in [3.63, 3.8) is 0 Å². The van der Waals surface area contributed by atoms with Crippen molar-refractivity contribution in [2.45, 2.75) is 64.6 Å².